The predicted octanol–water partition coefficient (Wildman–Crippen LogP) is 2.28. The molecule has 1 aliphatic rings. The number of hydrogen-bond donors (Lipinski definition) is 1. The molecule has 0 bridgehead atoms. The second-order valence-electron chi connectivity index (χ2n) is 4.26. The molecule has 0 aromatic rings. The van der Waals surface area contributed by atoms with Gasteiger partial charge in [-0.05, 0) is 32.9 Å². The van der Waals surface area contributed by atoms with Crippen molar-refractivity contribution in [2.45, 2.75) is 39.0 Å². The van der Waals surface area contributed by atoms with Crippen LogP contribution in [0.2, 0.25) is 0 Å². The summed E-state index contributed by atoms with van der Waals surface area (Å²) in [5.74, 6) is -0.804. The summed E-state index contributed by atoms with van der Waals surface area (Å²) in [7, 11) is 0. The number of aliphatic carboxylic acids is 1. The molecule has 0 amide bonds. The molecule has 0 saturated carbocycles. The topological polar surface area (TPSA) is 40.5 Å². The Morgan fingerprint density at radius 3 is 2.27 bits per heavy atom. The maximum atomic E-state index is 10.6. The third-order valence-electron chi connectivity index (χ3n) is 2.94. The molecule has 3 heteroatoms. The second-order valence-corrected chi connectivity index (χ2v) is 4.26. The first-order valence-electron chi connectivity index (χ1n) is 5.82. The molecular formula is C12H21NO2. The molecule has 0 aliphatic carbocycles. The quantitative estimate of drug-likeness (QED) is 0.728. The molecule has 1 N–H and O–H groups in total. The average Bonchev–Trinajstić information content (AvgIpc) is 2.15. The largest absolute Gasteiger partial charge is 0.478 e. The normalized spacial score (nSPS) is 20.7. The number of hydrogen-bond acceptors (Lipinski definition) is 2. The molecule has 1 fully saturated rings. The summed E-state index contributed by atoms with van der Waals surface area (Å²) in [4.78, 5) is 13.0. The summed E-state index contributed by atoms with van der Waals surface area (Å²) < 4.78 is 0. The Labute approximate surface area is 91.8 Å². The van der Waals surface area contributed by atoms with Crippen LogP contribution in [0.1, 0.15) is 39.0 Å². The van der Waals surface area contributed by atoms with Crippen LogP contribution >= 0.6 is 0 Å². The molecule has 1 heterocycles. The minimum atomic E-state index is -0.804. The van der Waals surface area contributed by atoms with Crippen LogP contribution < -0.4 is 0 Å². The molecule has 0 atom stereocenters. The molecule has 3 nitrogen and oxygen atoms in total. The zero-order valence-corrected chi connectivity index (χ0v) is 9.54. The van der Waals surface area contributed by atoms with Crippen molar-refractivity contribution in [1.82, 2.24) is 4.90 Å². The van der Waals surface area contributed by atoms with Gasteiger partial charge in [-0.1, -0.05) is 25.3 Å². The van der Waals surface area contributed by atoms with Crippen molar-refractivity contribution in [3.05, 3.63) is 11.6 Å². The Hall–Kier alpha value is -0.830. The monoisotopic (exact) mass is 211 g/mol. The minimum Gasteiger partial charge on any atom is -0.478 e. The van der Waals surface area contributed by atoms with Gasteiger partial charge >= 0.3 is 5.97 Å². The highest BCUT2D eigenvalue weighted by Gasteiger charge is 2.07. The van der Waals surface area contributed by atoms with Crippen LogP contribution in [0.5, 0.6) is 0 Å². The molecule has 1 aliphatic heterocycles. The van der Waals surface area contributed by atoms with E-state index in [2.05, 4.69) is 4.90 Å². The smallest absolute Gasteiger partial charge is 0.330 e. The van der Waals surface area contributed by atoms with Crippen molar-refractivity contribution in [3.63, 3.8) is 0 Å². The lowest BCUT2D eigenvalue weighted by atomic mass is 10.1. The summed E-state index contributed by atoms with van der Waals surface area (Å²) in [6.45, 7) is 4.68. The summed E-state index contributed by atoms with van der Waals surface area (Å²) in [5, 5.41) is 8.73. The molecule has 1 saturated heterocycles. The van der Waals surface area contributed by atoms with Gasteiger partial charge in [-0.15, -0.1) is 0 Å². The molecule has 15 heavy (non-hydrogen) atoms. The number of likely N-dealkylation sites (tertiary alicyclic amines) is 1. The molecule has 0 unspecified atom stereocenters. The van der Waals surface area contributed by atoms with E-state index in [1.807, 2.05) is 6.08 Å². The Kier molecular flexibility index (Phi) is 5.40. The Bertz CT molecular complexity index is 228. The summed E-state index contributed by atoms with van der Waals surface area (Å²) in [6, 6.07) is 0. The van der Waals surface area contributed by atoms with Gasteiger partial charge in [-0.2, -0.15) is 0 Å². The molecule has 0 radical (unpaired) electrons. The fraction of sp³-hybridized carbons (Fsp3) is 0.750. The van der Waals surface area contributed by atoms with E-state index in [0.29, 0.717) is 5.57 Å². The van der Waals surface area contributed by atoms with Gasteiger partial charge in [0.2, 0.25) is 0 Å². The van der Waals surface area contributed by atoms with Crippen molar-refractivity contribution in [3.8, 4) is 0 Å². The van der Waals surface area contributed by atoms with E-state index in [1.54, 1.807) is 6.92 Å². The lowest BCUT2D eigenvalue weighted by molar-refractivity contribution is -0.132. The van der Waals surface area contributed by atoms with Crippen molar-refractivity contribution in [2.24, 2.45) is 0 Å². The fourth-order valence-electron chi connectivity index (χ4n) is 1.85. The first-order chi connectivity index (χ1) is 7.20. The Morgan fingerprint density at radius 1 is 1.20 bits per heavy atom. The van der Waals surface area contributed by atoms with Gasteiger partial charge in [-0.25, -0.2) is 4.79 Å². The van der Waals surface area contributed by atoms with Gasteiger partial charge in [0.25, 0.3) is 0 Å². The standard InChI is InChI=1S/C12H21NO2/c1-11(12(14)15)7-10-13-8-5-3-2-4-6-9-13/h7H,2-6,8-10H2,1H3,(H,14,15)/b11-7+. The lowest BCUT2D eigenvalue weighted by Crippen LogP contribution is -2.27. The van der Waals surface area contributed by atoms with Crippen molar-refractivity contribution >= 4 is 5.97 Å². The summed E-state index contributed by atoms with van der Waals surface area (Å²) >= 11 is 0. The first kappa shape index (κ1) is 12.2. The zero-order chi connectivity index (χ0) is 11.1. The van der Waals surface area contributed by atoms with Gasteiger partial charge in [0.05, 0.1) is 0 Å². The van der Waals surface area contributed by atoms with E-state index >= 15 is 0 Å². The molecule has 0 spiro atoms. The number of carboxylic acid groups (broad SMARTS) is 1. The number of carboxylic acids is 1. The van der Waals surface area contributed by atoms with E-state index < -0.39 is 5.97 Å². The second kappa shape index (κ2) is 6.62. The number of nitrogens with zero attached hydrogens (tertiary/aromatic N) is 1. The summed E-state index contributed by atoms with van der Waals surface area (Å²) in [6.07, 6.45) is 8.32. The molecule has 86 valence electrons. The third kappa shape index (κ3) is 4.98. The molecule has 0 aromatic heterocycles. The van der Waals surface area contributed by atoms with Gasteiger partial charge in [0, 0.05) is 12.1 Å². The van der Waals surface area contributed by atoms with Crippen LogP contribution in [0.25, 0.3) is 0 Å². The maximum absolute atomic E-state index is 10.6. The molecule has 1 rings (SSSR count). The van der Waals surface area contributed by atoms with Gasteiger partial charge < -0.3 is 5.11 Å². The highest BCUT2D eigenvalue weighted by atomic mass is 16.4. The Balaban J connectivity index is 2.35. The minimum absolute atomic E-state index is 0.456. The zero-order valence-electron chi connectivity index (χ0n) is 9.54. The first-order valence-corrected chi connectivity index (χ1v) is 5.82. The van der Waals surface area contributed by atoms with Crippen molar-refractivity contribution in [2.75, 3.05) is 19.6 Å². The number of carbonyl (C=O) groups is 1. The van der Waals surface area contributed by atoms with Crippen LogP contribution in [0, 0.1) is 0 Å². The highest BCUT2D eigenvalue weighted by molar-refractivity contribution is 5.85. The fourth-order valence-corrected chi connectivity index (χ4v) is 1.85. The highest BCUT2D eigenvalue weighted by Crippen LogP contribution is 2.10. The van der Waals surface area contributed by atoms with E-state index in [0.717, 1.165) is 19.6 Å². The predicted molar refractivity (Wildman–Crippen MR) is 60.9 cm³/mol. The third-order valence-corrected chi connectivity index (χ3v) is 2.94. The van der Waals surface area contributed by atoms with Gasteiger partial charge in [0.15, 0.2) is 0 Å². The van der Waals surface area contributed by atoms with Crippen molar-refractivity contribution in [1.29, 1.82) is 0 Å². The lowest BCUT2D eigenvalue weighted by Gasteiger charge is -2.23. The van der Waals surface area contributed by atoms with Crippen LogP contribution in [0.3, 0.4) is 0 Å². The molecule has 0 aromatic carbocycles. The number of rotatable bonds is 3. The maximum Gasteiger partial charge on any atom is 0.330 e. The van der Waals surface area contributed by atoms with Crippen LogP contribution in [0.15, 0.2) is 11.6 Å². The van der Waals surface area contributed by atoms with Gasteiger partial charge in [-0.3, -0.25) is 4.90 Å². The summed E-state index contributed by atoms with van der Waals surface area (Å²) in [5.41, 5.74) is 0.456. The van der Waals surface area contributed by atoms with Crippen LogP contribution in [-0.2, 0) is 4.79 Å². The SMILES string of the molecule is C/C(=C\CN1CCCCCCC1)C(=O)O. The van der Waals surface area contributed by atoms with E-state index in [9.17, 15) is 4.79 Å². The Morgan fingerprint density at radius 2 is 1.73 bits per heavy atom. The van der Waals surface area contributed by atoms with Crippen LogP contribution in [-0.4, -0.2) is 35.6 Å². The van der Waals surface area contributed by atoms with E-state index in [4.69, 9.17) is 5.11 Å². The van der Waals surface area contributed by atoms with Crippen LogP contribution in [0.4, 0.5) is 0 Å². The molecular weight excluding hydrogens is 190 g/mol. The average molecular weight is 211 g/mol. The van der Waals surface area contributed by atoms with Gasteiger partial charge in [0.1, 0.15) is 0 Å². The van der Waals surface area contributed by atoms with E-state index in [-0.39, 0.29) is 0 Å². The van der Waals surface area contributed by atoms with E-state index in [1.165, 1.54) is 32.1 Å². The van der Waals surface area contributed by atoms with Crippen molar-refractivity contribution < 1.29 is 9.90 Å².